The number of aromatic amines is 1. The van der Waals surface area contributed by atoms with Crippen LogP contribution in [0.25, 0.3) is 10.3 Å². The molecule has 13 heavy (non-hydrogen) atoms. The van der Waals surface area contributed by atoms with Gasteiger partial charge >= 0.3 is 0 Å². The molecular weight excluding hydrogens is 206 g/mol. The van der Waals surface area contributed by atoms with Crippen molar-refractivity contribution in [1.29, 1.82) is 0 Å². The van der Waals surface area contributed by atoms with E-state index >= 15 is 0 Å². The number of aryl methyl sites for hydroxylation is 2. The molecule has 0 spiro atoms. The average molecular weight is 213 g/mol. The van der Waals surface area contributed by atoms with E-state index in [0.717, 1.165) is 0 Å². The number of nitrogens with zero attached hydrogens (tertiary/aromatic N) is 2. The van der Waals surface area contributed by atoms with Gasteiger partial charge in [-0.1, -0.05) is 11.3 Å². The smallest absolute Gasteiger partial charge is 0.270 e. The van der Waals surface area contributed by atoms with E-state index in [0.29, 0.717) is 20.1 Å². The SMILES string of the molecule is Cc1nc2c(sc(=S)n2C)c(=O)[nH]1. The number of fused-ring (bicyclic) bond motifs is 1. The van der Waals surface area contributed by atoms with Crippen LogP contribution in [0.1, 0.15) is 5.82 Å². The molecule has 2 aromatic rings. The van der Waals surface area contributed by atoms with Gasteiger partial charge in [-0.3, -0.25) is 4.79 Å². The lowest BCUT2D eigenvalue weighted by molar-refractivity contribution is 0.921. The fraction of sp³-hybridized carbons (Fsp3) is 0.286. The van der Waals surface area contributed by atoms with Crippen LogP contribution in [-0.2, 0) is 7.05 Å². The zero-order valence-corrected chi connectivity index (χ0v) is 8.75. The first kappa shape index (κ1) is 8.58. The van der Waals surface area contributed by atoms with Gasteiger partial charge in [0.2, 0.25) is 0 Å². The molecule has 0 fully saturated rings. The van der Waals surface area contributed by atoms with Crippen LogP contribution in [-0.4, -0.2) is 14.5 Å². The van der Waals surface area contributed by atoms with E-state index in [1.807, 2.05) is 7.05 Å². The normalized spacial score (nSPS) is 10.9. The van der Waals surface area contributed by atoms with Crippen LogP contribution in [0.15, 0.2) is 4.79 Å². The fourth-order valence-corrected chi connectivity index (χ4v) is 2.27. The van der Waals surface area contributed by atoms with Crippen molar-refractivity contribution in [3.63, 3.8) is 0 Å². The van der Waals surface area contributed by atoms with Gasteiger partial charge in [-0.2, -0.15) is 0 Å². The first-order valence-electron chi connectivity index (χ1n) is 3.66. The van der Waals surface area contributed by atoms with Gasteiger partial charge in [0.15, 0.2) is 9.60 Å². The van der Waals surface area contributed by atoms with Crippen LogP contribution < -0.4 is 5.56 Å². The number of thiazole rings is 1. The highest BCUT2D eigenvalue weighted by Gasteiger charge is 2.07. The Balaban J connectivity index is 3.12. The maximum atomic E-state index is 11.4. The highest BCUT2D eigenvalue weighted by atomic mass is 32.1. The van der Waals surface area contributed by atoms with E-state index in [4.69, 9.17) is 12.2 Å². The maximum absolute atomic E-state index is 11.4. The van der Waals surface area contributed by atoms with E-state index in [1.54, 1.807) is 11.5 Å². The predicted octanol–water partition coefficient (Wildman–Crippen LogP) is 1.36. The zero-order chi connectivity index (χ0) is 9.59. The van der Waals surface area contributed by atoms with E-state index in [9.17, 15) is 4.79 Å². The summed E-state index contributed by atoms with van der Waals surface area (Å²) in [6, 6.07) is 0. The highest BCUT2D eigenvalue weighted by molar-refractivity contribution is 7.73. The Hall–Kier alpha value is -1.01. The number of rotatable bonds is 0. The molecule has 0 saturated heterocycles. The molecule has 2 aromatic heterocycles. The van der Waals surface area contributed by atoms with Crippen LogP contribution in [0, 0.1) is 10.9 Å². The second-order valence-corrected chi connectivity index (χ2v) is 4.38. The average Bonchev–Trinajstić information content (AvgIpc) is 2.32. The van der Waals surface area contributed by atoms with Crippen LogP contribution in [0.2, 0.25) is 0 Å². The first-order valence-corrected chi connectivity index (χ1v) is 4.88. The predicted molar refractivity (Wildman–Crippen MR) is 54.8 cm³/mol. The number of aromatic nitrogens is 3. The zero-order valence-electron chi connectivity index (χ0n) is 7.12. The largest absolute Gasteiger partial charge is 0.311 e. The van der Waals surface area contributed by atoms with Crippen LogP contribution in [0.5, 0.6) is 0 Å². The van der Waals surface area contributed by atoms with Crippen LogP contribution >= 0.6 is 23.6 Å². The van der Waals surface area contributed by atoms with Crippen molar-refractivity contribution in [2.24, 2.45) is 7.05 Å². The fourth-order valence-electron chi connectivity index (χ4n) is 1.12. The van der Waals surface area contributed by atoms with Crippen molar-refractivity contribution in [3.8, 4) is 0 Å². The summed E-state index contributed by atoms with van der Waals surface area (Å²) in [6.07, 6.45) is 0. The van der Waals surface area contributed by atoms with Gasteiger partial charge in [-0.05, 0) is 19.1 Å². The number of hydrogen-bond acceptors (Lipinski definition) is 4. The minimum atomic E-state index is -0.112. The Bertz CT molecular complexity index is 577. The second kappa shape index (κ2) is 2.74. The Morgan fingerprint density at radius 1 is 1.62 bits per heavy atom. The molecule has 0 amide bonds. The van der Waals surface area contributed by atoms with Crippen LogP contribution in [0.4, 0.5) is 0 Å². The summed E-state index contributed by atoms with van der Waals surface area (Å²) in [4.78, 5) is 18.3. The molecule has 0 unspecified atom stereocenters. The molecule has 0 atom stereocenters. The van der Waals surface area contributed by atoms with E-state index in [1.165, 1.54) is 11.3 Å². The Morgan fingerprint density at radius 2 is 2.31 bits per heavy atom. The summed E-state index contributed by atoms with van der Waals surface area (Å²) in [5.41, 5.74) is 0.551. The third-order valence-corrected chi connectivity index (χ3v) is 3.30. The van der Waals surface area contributed by atoms with Crippen molar-refractivity contribution < 1.29 is 0 Å². The molecule has 2 heterocycles. The van der Waals surface area contributed by atoms with Crippen molar-refractivity contribution in [2.75, 3.05) is 0 Å². The molecule has 6 heteroatoms. The van der Waals surface area contributed by atoms with Crippen molar-refractivity contribution in [1.82, 2.24) is 14.5 Å². The molecule has 0 bridgehead atoms. The minimum Gasteiger partial charge on any atom is -0.311 e. The summed E-state index contributed by atoms with van der Waals surface area (Å²) >= 11 is 6.33. The first-order chi connectivity index (χ1) is 6.09. The van der Waals surface area contributed by atoms with Gasteiger partial charge in [-0.25, -0.2) is 4.98 Å². The third-order valence-electron chi connectivity index (χ3n) is 1.76. The molecule has 2 rings (SSSR count). The summed E-state index contributed by atoms with van der Waals surface area (Å²) in [5, 5.41) is 0. The summed E-state index contributed by atoms with van der Waals surface area (Å²) in [6.45, 7) is 1.75. The Kier molecular flexibility index (Phi) is 1.81. The molecule has 0 aliphatic heterocycles. The van der Waals surface area contributed by atoms with Crippen molar-refractivity contribution in [2.45, 2.75) is 6.92 Å². The molecular formula is C7H7N3OS2. The van der Waals surface area contributed by atoms with Gasteiger partial charge in [-0.15, -0.1) is 0 Å². The standard InChI is InChI=1S/C7H7N3OS2/c1-3-8-5-4(6(11)9-3)13-7(12)10(5)2/h1-2H3,(H,8,9,11). The van der Waals surface area contributed by atoms with Crippen molar-refractivity contribution in [3.05, 3.63) is 20.1 Å². The van der Waals surface area contributed by atoms with Gasteiger partial charge in [0.1, 0.15) is 10.5 Å². The topological polar surface area (TPSA) is 50.7 Å². The highest BCUT2D eigenvalue weighted by Crippen LogP contribution is 2.15. The van der Waals surface area contributed by atoms with Crippen LogP contribution in [0.3, 0.4) is 0 Å². The van der Waals surface area contributed by atoms with E-state index < -0.39 is 0 Å². The Morgan fingerprint density at radius 3 is 3.00 bits per heavy atom. The van der Waals surface area contributed by atoms with Gasteiger partial charge in [0, 0.05) is 7.05 Å². The molecule has 68 valence electrons. The molecule has 0 radical (unpaired) electrons. The minimum absolute atomic E-state index is 0.112. The molecule has 0 aliphatic rings. The molecule has 1 N–H and O–H groups in total. The number of H-pyrrole nitrogens is 1. The monoisotopic (exact) mass is 213 g/mol. The summed E-state index contributed by atoms with van der Waals surface area (Å²) in [5.74, 6) is 0.612. The van der Waals surface area contributed by atoms with Gasteiger partial charge in [0.05, 0.1) is 0 Å². The lowest BCUT2D eigenvalue weighted by atomic mass is 10.5. The Labute approximate surface area is 82.9 Å². The molecule has 0 aromatic carbocycles. The van der Waals surface area contributed by atoms with Gasteiger partial charge in [0.25, 0.3) is 5.56 Å². The van der Waals surface area contributed by atoms with E-state index in [2.05, 4.69) is 9.97 Å². The second-order valence-electron chi connectivity index (χ2n) is 2.73. The summed E-state index contributed by atoms with van der Waals surface area (Å²) in [7, 11) is 1.81. The molecule has 0 saturated carbocycles. The lowest BCUT2D eigenvalue weighted by Gasteiger charge is -1.94. The van der Waals surface area contributed by atoms with E-state index in [-0.39, 0.29) is 5.56 Å². The summed E-state index contributed by atoms with van der Waals surface area (Å²) < 4.78 is 3.01. The number of hydrogen-bond donors (Lipinski definition) is 1. The lowest BCUT2D eigenvalue weighted by Crippen LogP contribution is -2.09. The maximum Gasteiger partial charge on any atom is 0.270 e. The third kappa shape index (κ3) is 1.22. The number of nitrogens with one attached hydrogen (secondary N) is 1. The van der Waals surface area contributed by atoms with Gasteiger partial charge < -0.3 is 9.55 Å². The molecule has 4 nitrogen and oxygen atoms in total. The molecule has 0 aliphatic carbocycles. The van der Waals surface area contributed by atoms with Crippen molar-refractivity contribution >= 4 is 33.9 Å². The quantitative estimate of drug-likeness (QED) is 0.672.